The number of rotatable bonds is 3. The molecule has 64 valence electrons. The van der Waals surface area contributed by atoms with E-state index in [1.165, 1.54) is 0 Å². The van der Waals surface area contributed by atoms with Crippen LogP contribution in [0.1, 0.15) is 12.0 Å². The molecule has 0 saturated heterocycles. The molecule has 0 radical (unpaired) electrons. The molecule has 0 nitrogen and oxygen atoms in total. The Bertz CT molecular complexity index is 279. The van der Waals surface area contributed by atoms with Gasteiger partial charge in [-0.25, -0.2) is 0 Å². The van der Waals surface area contributed by atoms with Crippen molar-refractivity contribution >= 4 is 23.2 Å². The zero-order valence-electron chi connectivity index (χ0n) is 6.69. The lowest BCUT2D eigenvalue weighted by atomic mass is 10.1. The van der Waals surface area contributed by atoms with Gasteiger partial charge in [-0.3, -0.25) is 0 Å². The Morgan fingerprint density at radius 1 is 1.33 bits per heavy atom. The number of hydrogen-bond donors (Lipinski definition) is 0. The number of aryl methyl sites for hydroxylation is 1. The van der Waals surface area contributed by atoms with Crippen molar-refractivity contribution in [3.63, 3.8) is 0 Å². The molecule has 0 heterocycles. The first kappa shape index (κ1) is 9.63. The topological polar surface area (TPSA) is 0 Å². The van der Waals surface area contributed by atoms with Gasteiger partial charge in [0.2, 0.25) is 0 Å². The van der Waals surface area contributed by atoms with Gasteiger partial charge >= 0.3 is 0 Å². The molecule has 1 aromatic carbocycles. The second-order valence-electron chi connectivity index (χ2n) is 2.61. The fraction of sp³-hybridized carbons (Fsp3) is 0.200. The van der Waals surface area contributed by atoms with Crippen LogP contribution < -0.4 is 0 Å². The molecule has 0 atom stereocenters. The highest BCUT2D eigenvalue weighted by molar-refractivity contribution is 6.31. The van der Waals surface area contributed by atoms with Gasteiger partial charge in [-0.15, -0.1) is 0 Å². The van der Waals surface area contributed by atoms with E-state index in [0.717, 1.165) is 23.4 Å². The van der Waals surface area contributed by atoms with Crippen molar-refractivity contribution in [2.75, 3.05) is 0 Å². The Morgan fingerprint density at radius 2 is 2.00 bits per heavy atom. The summed E-state index contributed by atoms with van der Waals surface area (Å²) in [5.74, 6) is 0. The number of benzene rings is 1. The van der Waals surface area contributed by atoms with Crippen molar-refractivity contribution in [1.29, 1.82) is 0 Å². The van der Waals surface area contributed by atoms with E-state index < -0.39 is 0 Å². The fourth-order valence-electron chi connectivity index (χ4n) is 0.971. The van der Waals surface area contributed by atoms with Gasteiger partial charge in [-0.05, 0) is 24.5 Å². The lowest BCUT2D eigenvalue weighted by Crippen LogP contribution is -1.85. The third-order valence-corrected chi connectivity index (χ3v) is 2.18. The quantitative estimate of drug-likeness (QED) is 0.692. The molecule has 0 aliphatic heterocycles. The minimum atomic E-state index is 0.676. The number of allylic oxidation sites excluding steroid dienone is 1. The molecule has 0 bridgehead atoms. The van der Waals surface area contributed by atoms with Gasteiger partial charge in [-0.1, -0.05) is 48.0 Å². The van der Waals surface area contributed by atoms with Crippen LogP contribution in [0.5, 0.6) is 0 Å². The van der Waals surface area contributed by atoms with Crippen molar-refractivity contribution in [2.24, 2.45) is 0 Å². The Labute approximate surface area is 82.8 Å². The Morgan fingerprint density at radius 3 is 2.58 bits per heavy atom. The molecule has 0 spiro atoms. The van der Waals surface area contributed by atoms with Gasteiger partial charge in [0.05, 0.1) is 0 Å². The smallest absolute Gasteiger partial charge is 0.0438 e. The lowest BCUT2D eigenvalue weighted by Gasteiger charge is -2.01. The van der Waals surface area contributed by atoms with E-state index in [0.29, 0.717) is 5.03 Å². The first-order valence-corrected chi connectivity index (χ1v) is 4.52. The van der Waals surface area contributed by atoms with Crippen LogP contribution in [0.4, 0.5) is 0 Å². The Balaban J connectivity index is 2.63. The summed E-state index contributed by atoms with van der Waals surface area (Å²) in [6.07, 6.45) is 1.65. The normalized spacial score (nSPS) is 9.83. The van der Waals surface area contributed by atoms with Crippen LogP contribution in [0.3, 0.4) is 0 Å². The van der Waals surface area contributed by atoms with E-state index in [1.807, 2.05) is 24.3 Å². The highest BCUT2D eigenvalue weighted by Crippen LogP contribution is 2.18. The van der Waals surface area contributed by atoms with E-state index >= 15 is 0 Å². The zero-order valence-corrected chi connectivity index (χ0v) is 8.20. The molecule has 0 aliphatic carbocycles. The van der Waals surface area contributed by atoms with E-state index in [4.69, 9.17) is 23.2 Å². The minimum absolute atomic E-state index is 0.676. The van der Waals surface area contributed by atoms with Crippen molar-refractivity contribution in [3.8, 4) is 0 Å². The molecule has 0 N–H and O–H groups in total. The lowest BCUT2D eigenvalue weighted by molar-refractivity contribution is 0.990. The zero-order chi connectivity index (χ0) is 8.97. The average molecular weight is 201 g/mol. The molecular weight excluding hydrogens is 191 g/mol. The molecule has 0 aliphatic rings. The van der Waals surface area contributed by atoms with Crippen LogP contribution in [0.2, 0.25) is 5.02 Å². The van der Waals surface area contributed by atoms with Crippen LogP contribution in [-0.4, -0.2) is 0 Å². The summed E-state index contributed by atoms with van der Waals surface area (Å²) < 4.78 is 0. The largest absolute Gasteiger partial charge is 0.0898 e. The summed E-state index contributed by atoms with van der Waals surface area (Å²) in [6, 6.07) is 7.77. The molecule has 0 unspecified atom stereocenters. The SMILES string of the molecule is C=C(Cl)CCc1ccccc1Cl. The monoisotopic (exact) mass is 200 g/mol. The Hall–Kier alpha value is -0.460. The van der Waals surface area contributed by atoms with E-state index in [1.54, 1.807) is 0 Å². The summed E-state index contributed by atoms with van der Waals surface area (Å²) in [5.41, 5.74) is 1.13. The van der Waals surface area contributed by atoms with E-state index in [9.17, 15) is 0 Å². The van der Waals surface area contributed by atoms with Gasteiger partial charge in [0.25, 0.3) is 0 Å². The molecule has 2 heteroatoms. The predicted molar refractivity (Wildman–Crippen MR) is 54.8 cm³/mol. The highest BCUT2D eigenvalue weighted by atomic mass is 35.5. The van der Waals surface area contributed by atoms with Crippen LogP contribution >= 0.6 is 23.2 Å². The van der Waals surface area contributed by atoms with Crippen molar-refractivity contribution in [3.05, 3.63) is 46.5 Å². The molecular formula is C10H10Cl2. The van der Waals surface area contributed by atoms with Crippen molar-refractivity contribution in [1.82, 2.24) is 0 Å². The molecule has 1 rings (SSSR count). The van der Waals surface area contributed by atoms with Crippen LogP contribution in [0.15, 0.2) is 35.9 Å². The number of hydrogen-bond acceptors (Lipinski definition) is 0. The average Bonchev–Trinajstić information content (AvgIpc) is 2.03. The maximum atomic E-state index is 5.93. The first-order chi connectivity index (χ1) is 5.70. The number of halogens is 2. The third-order valence-electron chi connectivity index (χ3n) is 1.62. The van der Waals surface area contributed by atoms with Gasteiger partial charge < -0.3 is 0 Å². The van der Waals surface area contributed by atoms with E-state index in [-0.39, 0.29) is 0 Å². The standard InChI is InChI=1S/C10H10Cl2/c1-8(11)6-7-9-4-2-3-5-10(9)12/h2-5H,1,6-7H2. The second-order valence-corrected chi connectivity index (χ2v) is 3.55. The fourth-order valence-corrected chi connectivity index (χ4v) is 1.30. The molecule has 12 heavy (non-hydrogen) atoms. The molecule has 0 amide bonds. The van der Waals surface area contributed by atoms with Crippen molar-refractivity contribution < 1.29 is 0 Å². The maximum absolute atomic E-state index is 5.93. The second kappa shape index (κ2) is 4.54. The summed E-state index contributed by atoms with van der Waals surface area (Å²) >= 11 is 11.6. The van der Waals surface area contributed by atoms with Crippen LogP contribution in [-0.2, 0) is 6.42 Å². The molecule has 1 aromatic rings. The van der Waals surface area contributed by atoms with Gasteiger partial charge in [0, 0.05) is 10.1 Å². The maximum Gasteiger partial charge on any atom is 0.0438 e. The van der Waals surface area contributed by atoms with Gasteiger partial charge in [0.1, 0.15) is 0 Å². The first-order valence-electron chi connectivity index (χ1n) is 3.77. The summed E-state index contributed by atoms with van der Waals surface area (Å²) in [6.45, 7) is 3.62. The predicted octanol–water partition coefficient (Wildman–Crippen LogP) is 4.03. The molecule has 0 fully saturated rings. The van der Waals surface area contributed by atoms with E-state index in [2.05, 4.69) is 6.58 Å². The summed E-state index contributed by atoms with van der Waals surface area (Å²) in [5, 5.41) is 1.48. The molecule has 0 saturated carbocycles. The molecule has 0 aromatic heterocycles. The summed E-state index contributed by atoms with van der Waals surface area (Å²) in [4.78, 5) is 0. The van der Waals surface area contributed by atoms with Crippen molar-refractivity contribution in [2.45, 2.75) is 12.8 Å². The van der Waals surface area contributed by atoms with Gasteiger partial charge in [-0.2, -0.15) is 0 Å². The Kier molecular flexibility index (Phi) is 3.64. The summed E-state index contributed by atoms with van der Waals surface area (Å²) in [7, 11) is 0. The van der Waals surface area contributed by atoms with Crippen LogP contribution in [0, 0.1) is 0 Å². The highest BCUT2D eigenvalue weighted by Gasteiger charge is 1.98. The minimum Gasteiger partial charge on any atom is -0.0898 e. The van der Waals surface area contributed by atoms with Gasteiger partial charge in [0.15, 0.2) is 0 Å². The van der Waals surface area contributed by atoms with Crippen LogP contribution in [0.25, 0.3) is 0 Å². The third kappa shape index (κ3) is 2.88.